The molecule has 162 valence electrons. The molecule has 6 heteroatoms. The lowest BCUT2D eigenvalue weighted by Crippen LogP contribution is -2.35. The molecule has 0 radical (unpaired) electrons. The van der Waals surface area contributed by atoms with Crippen LogP contribution in [0, 0.1) is 29.6 Å². The van der Waals surface area contributed by atoms with Crippen LogP contribution in [0.1, 0.15) is 32.3 Å². The van der Waals surface area contributed by atoms with Crippen molar-refractivity contribution in [3.8, 4) is 0 Å². The third-order valence-corrected chi connectivity index (χ3v) is 9.94. The van der Waals surface area contributed by atoms with Gasteiger partial charge in [0, 0.05) is 40.4 Å². The van der Waals surface area contributed by atoms with Crippen molar-refractivity contribution in [3.63, 3.8) is 0 Å². The number of carbonyl (C=O) groups excluding carboxylic acids is 1. The molecule has 5 rings (SSSR count). The minimum absolute atomic E-state index is 0.0386. The normalized spacial score (nSPS) is 34.6. The molecule has 1 heterocycles. The highest BCUT2D eigenvalue weighted by molar-refractivity contribution is 7.89. The van der Waals surface area contributed by atoms with Gasteiger partial charge in [0.2, 0.25) is 0 Å². The van der Waals surface area contributed by atoms with Crippen molar-refractivity contribution in [1.29, 1.82) is 0 Å². The van der Waals surface area contributed by atoms with Gasteiger partial charge in [0.05, 0.1) is 4.90 Å². The van der Waals surface area contributed by atoms with E-state index in [1.165, 1.54) is 0 Å². The van der Waals surface area contributed by atoms with Crippen LogP contribution < -0.4 is 0 Å². The average molecular weight is 456 g/mol. The molecule has 0 aromatic heterocycles. The molecule has 1 saturated carbocycles. The monoisotopic (exact) mass is 455 g/mol. The van der Waals surface area contributed by atoms with Crippen molar-refractivity contribution in [2.24, 2.45) is 29.6 Å². The van der Waals surface area contributed by atoms with Gasteiger partial charge in [0.15, 0.2) is 0 Å². The zero-order chi connectivity index (χ0) is 22.1. The van der Waals surface area contributed by atoms with E-state index in [1.54, 1.807) is 28.6 Å². The number of fused-ring (bicyclic) bond motifs is 4. The number of allylic oxidation sites excluding steroid dienone is 2. The molecule has 31 heavy (non-hydrogen) atoms. The minimum atomic E-state index is -3.70. The standard InChI is InChI=1S/C25H26ClNO3S/c1-14-16(3)27(31(29,30)19-7-5-4-6-8-19)21-13-20-22(17-9-11-18(26)12-10-17)15(2)24(23(14)21)25(20)28/h4-16,20,22-24H,1-3H3/t14-,15?,16-,20?,22?,23?,24?/m0/s1. The summed E-state index contributed by atoms with van der Waals surface area (Å²) in [5, 5.41) is 0.668. The second kappa shape index (κ2) is 7.21. The maximum absolute atomic E-state index is 13.6. The first kappa shape index (κ1) is 20.8. The molecule has 2 bridgehead atoms. The van der Waals surface area contributed by atoms with Gasteiger partial charge in [-0.3, -0.25) is 9.10 Å². The second-order valence-corrected chi connectivity index (χ2v) is 11.5. The lowest BCUT2D eigenvalue weighted by atomic mass is 9.73. The summed E-state index contributed by atoms with van der Waals surface area (Å²) in [4.78, 5) is 13.7. The van der Waals surface area contributed by atoms with Gasteiger partial charge in [-0.2, -0.15) is 0 Å². The molecule has 2 fully saturated rings. The van der Waals surface area contributed by atoms with Crippen molar-refractivity contribution < 1.29 is 13.2 Å². The summed E-state index contributed by atoms with van der Waals surface area (Å²) >= 11 is 6.08. The average Bonchev–Trinajstić information content (AvgIpc) is 3.08. The van der Waals surface area contributed by atoms with Crippen LogP contribution in [0.3, 0.4) is 0 Å². The van der Waals surface area contributed by atoms with Crippen LogP contribution in [0.25, 0.3) is 0 Å². The first-order valence-corrected chi connectivity index (χ1v) is 12.7. The second-order valence-electron chi connectivity index (χ2n) is 9.22. The summed E-state index contributed by atoms with van der Waals surface area (Å²) in [5.41, 5.74) is 1.90. The van der Waals surface area contributed by atoms with Gasteiger partial charge in [-0.25, -0.2) is 8.42 Å². The zero-order valence-corrected chi connectivity index (χ0v) is 19.3. The molecular weight excluding hydrogens is 430 g/mol. The van der Waals surface area contributed by atoms with E-state index in [2.05, 4.69) is 13.8 Å². The largest absolute Gasteiger partial charge is 0.299 e. The molecule has 2 aromatic carbocycles. The predicted octanol–water partition coefficient (Wildman–Crippen LogP) is 5.12. The summed E-state index contributed by atoms with van der Waals surface area (Å²) in [6.07, 6.45) is 1.97. The maximum Gasteiger partial charge on any atom is 0.264 e. The first-order chi connectivity index (χ1) is 14.7. The van der Waals surface area contributed by atoms with Gasteiger partial charge in [-0.05, 0) is 48.6 Å². The van der Waals surface area contributed by atoms with Crippen LogP contribution in [0.4, 0.5) is 0 Å². The van der Waals surface area contributed by atoms with E-state index in [0.717, 1.165) is 11.3 Å². The van der Waals surface area contributed by atoms with Crippen LogP contribution in [0.15, 0.2) is 71.3 Å². The number of nitrogens with zero attached hydrogens (tertiary/aromatic N) is 1. The molecule has 5 unspecified atom stereocenters. The smallest absolute Gasteiger partial charge is 0.264 e. The Morgan fingerprint density at radius 2 is 1.48 bits per heavy atom. The van der Waals surface area contributed by atoms with E-state index < -0.39 is 10.0 Å². The molecular formula is C25H26ClNO3S. The van der Waals surface area contributed by atoms with E-state index in [-0.39, 0.29) is 47.3 Å². The SMILES string of the molecule is CC1C2C(=O)C(C=C3C2[C@@H](C)[C@H](C)N3S(=O)(=O)c2ccccc2)C1c1ccc(Cl)cc1. The number of ketones is 1. The Labute approximate surface area is 189 Å². The summed E-state index contributed by atoms with van der Waals surface area (Å²) in [6, 6.07) is 16.1. The van der Waals surface area contributed by atoms with Crippen molar-refractivity contribution >= 4 is 27.4 Å². The summed E-state index contributed by atoms with van der Waals surface area (Å²) < 4.78 is 28.8. The highest BCUT2D eigenvalue weighted by Crippen LogP contribution is 2.59. The Morgan fingerprint density at radius 3 is 2.13 bits per heavy atom. The van der Waals surface area contributed by atoms with Gasteiger partial charge in [0.25, 0.3) is 10.0 Å². The molecule has 0 amide bonds. The zero-order valence-electron chi connectivity index (χ0n) is 17.8. The molecule has 1 aliphatic heterocycles. The van der Waals surface area contributed by atoms with E-state index in [4.69, 9.17) is 11.6 Å². The number of halogens is 1. The van der Waals surface area contributed by atoms with Crippen LogP contribution in [0.5, 0.6) is 0 Å². The number of carbonyl (C=O) groups is 1. The van der Waals surface area contributed by atoms with E-state index in [1.807, 2.05) is 43.3 Å². The van der Waals surface area contributed by atoms with Crippen LogP contribution in [-0.4, -0.2) is 24.5 Å². The van der Waals surface area contributed by atoms with Crippen molar-refractivity contribution in [2.45, 2.75) is 37.6 Å². The quantitative estimate of drug-likeness (QED) is 0.645. The number of rotatable bonds is 3. The van der Waals surface area contributed by atoms with Gasteiger partial charge in [-0.1, -0.05) is 61.9 Å². The summed E-state index contributed by atoms with van der Waals surface area (Å²) in [7, 11) is -3.70. The highest BCUT2D eigenvalue weighted by atomic mass is 35.5. The Bertz CT molecular complexity index is 1160. The van der Waals surface area contributed by atoms with Gasteiger partial charge >= 0.3 is 0 Å². The molecule has 4 nitrogen and oxygen atoms in total. The topological polar surface area (TPSA) is 54.5 Å². The molecule has 1 saturated heterocycles. The van der Waals surface area contributed by atoms with Crippen molar-refractivity contribution in [3.05, 3.63) is 77.0 Å². The predicted molar refractivity (Wildman–Crippen MR) is 121 cm³/mol. The van der Waals surface area contributed by atoms with Crippen LogP contribution in [-0.2, 0) is 14.8 Å². The van der Waals surface area contributed by atoms with E-state index in [9.17, 15) is 13.2 Å². The third kappa shape index (κ3) is 2.93. The van der Waals surface area contributed by atoms with Crippen LogP contribution in [0.2, 0.25) is 5.02 Å². The number of Topliss-reactive ketones (excluding diaryl/α,β-unsaturated/α-hetero) is 1. The Morgan fingerprint density at radius 1 is 0.839 bits per heavy atom. The molecule has 0 spiro atoms. The van der Waals surface area contributed by atoms with Crippen molar-refractivity contribution in [2.75, 3.05) is 0 Å². The number of hydrogen-bond acceptors (Lipinski definition) is 3. The maximum atomic E-state index is 13.6. The summed E-state index contributed by atoms with van der Waals surface area (Å²) in [5.74, 6) is -0.0737. The summed E-state index contributed by atoms with van der Waals surface area (Å²) in [6.45, 7) is 6.19. The highest BCUT2D eigenvalue weighted by Gasteiger charge is 2.60. The minimum Gasteiger partial charge on any atom is -0.299 e. The van der Waals surface area contributed by atoms with Gasteiger partial charge in [0.1, 0.15) is 5.78 Å². The van der Waals surface area contributed by atoms with E-state index in [0.29, 0.717) is 9.92 Å². The van der Waals surface area contributed by atoms with Gasteiger partial charge < -0.3 is 0 Å². The Balaban J connectivity index is 1.63. The Kier molecular flexibility index (Phi) is 4.83. The van der Waals surface area contributed by atoms with E-state index >= 15 is 0 Å². The number of sulfonamides is 1. The fourth-order valence-corrected chi connectivity index (χ4v) is 8.15. The number of hydrogen-bond donors (Lipinski definition) is 0. The lowest BCUT2D eigenvalue weighted by Gasteiger charge is -2.30. The molecule has 2 aromatic rings. The fraction of sp³-hybridized carbons (Fsp3) is 0.400. The first-order valence-electron chi connectivity index (χ1n) is 10.8. The van der Waals surface area contributed by atoms with Crippen LogP contribution >= 0.6 is 11.6 Å². The Hall–Kier alpha value is -2.11. The molecule has 2 aliphatic carbocycles. The molecule has 3 aliphatic rings. The third-order valence-electron chi connectivity index (χ3n) is 7.76. The fourth-order valence-electron chi connectivity index (χ4n) is 6.20. The van der Waals surface area contributed by atoms with Crippen molar-refractivity contribution in [1.82, 2.24) is 4.31 Å². The number of benzene rings is 2. The molecule has 0 N–H and O–H groups in total. The van der Waals surface area contributed by atoms with Gasteiger partial charge in [-0.15, -0.1) is 0 Å². The molecule has 7 atom stereocenters. The lowest BCUT2D eigenvalue weighted by molar-refractivity contribution is -0.125.